The van der Waals surface area contributed by atoms with Crippen LogP contribution in [0.3, 0.4) is 0 Å². The topological polar surface area (TPSA) is 58.1 Å². The smallest absolute Gasteiger partial charge is 0.124 e. The monoisotopic (exact) mass is 192 g/mol. The van der Waals surface area contributed by atoms with Crippen molar-refractivity contribution < 1.29 is 9.84 Å². The molecule has 4 heteroatoms. The standard InChI is InChI=1S/C10H12N2O2/c1-6-7(4-13)10-8(11-5-12-10)3-9(6)14-2/h3,5,13H,4H2,1-2H3,(H,11,12). The number of aromatic amines is 1. The number of methoxy groups -OCH3 is 1. The molecule has 74 valence electrons. The molecule has 1 aromatic heterocycles. The molecule has 0 fully saturated rings. The second-order valence-corrected chi connectivity index (χ2v) is 3.14. The van der Waals surface area contributed by atoms with E-state index in [0.717, 1.165) is 27.9 Å². The summed E-state index contributed by atoms with van der Waals surface area (Å²) < 4.78 is 5.21. The van der Waals surface area contributed by atoms with Gasteiger partial charge in [-0.1, -0.05) is 0 Å². The highest BCUT2D eigenvalue weighted by Crippen LogP contribution is 2.28. The molecule has 2 aromatic rings. The molecule has 0 aliphatic rings. The lowest BCUT2D eigenvalue weighted by Crippen LogP contribution is -1.95. The zero-order valence-corrected chi connectivity index (χ0v) is 8.16. The Morgan fingerprint density at radius 2 is 2.36 bits per heavy atom. The van der Waals surface area contributed by atoms with E-state index < -0.39 is 0 Å². The van der Waals surface area contributed by atoms with Crippen LogP contribution < -0.4 is 4.74 Å². The third-order valence-corrected chi connectivity index (χ3v) is 2.43. The number of imidazole rings is 1. The Labute approximate surface area is 81.5 Å². The summed E-state index contributed by atoms with van der Waals surface area (Å²) >= 11 is 0. The molecule has 0 spiro atoms. The first-order valence-corrected chi connectivity index (χ1v) is 4.38. The molecule has 1 aromatic carbocycles. The average Bonchev–Trinajstić information content (AvgIpc) is 2.64. The Bertz CT molecular complexity index is 462. The van der Waals surface area contributed by atoms with Gasteiger partial charge >= 0.3 is 0 Å². The quantitative estimate of drug-likeness (QED) is 0.755. The predicted molar refractivity (Wildman–Crippen MR) is 53.3 cm³/mol. The van der Waals surface area contributed by atoms with E-state index in [1.54, 1.807) is 13.4 Å². The van der Waals surface area contributed by atoms with Crippen molar-refractivity contribution in [3.05, 3.63) is 23.5 Å². The summed E-state index contributed by atoms with van der Waals surface area (Å²) in [6.45, 7) is 1.89. The lowest BCUT2D eigenvalue weighted by molar-refractivity contribution is 0.281. The second-order valence-electron chi connectivity index (χ2n) is 3.14. The van der Waals surface area contributed by atoms with E-state index in [2.05, 4.69) is 9.97 Å². The fourth-order valence-corrected chi connectivity index (χ4v) is 1.63. The van der Waals surface area contributed by atoms with Gasteiger partial charge in [0.05, 0.1) is 31.1 Å². The Balaban J connectivity index is 2.80. The van der Waals surface area contributed by atoms with Gasteiger partial charge < -0.3 is 14.8 Å². The van der Waals surface area contributed by atoms with Crippen molar-refractivity contribution in [1.82, 2.24) is 9.97 Å². The largest absolute Gasteiger partial charge is 0.496 e. The molecular formula is C10H12N2O2. The van der Waals surface area contributed by atoms with Gasteiger partial charge in [0.25, 0.3) is 0 Å². The minimum atomic E-state index is -0.0234. The number of aromatic nitrogens is 2. The third-order valence-electron chi connectivity index (χ3n) is 2.43. The third kappa shape index (κ3) is 1.15. The molecule has 0 bridgehead atoms. The highest BCUT2D eigenvalue weighted by atomic mass is 16.5. The molecule has 0 amide bonds. The van der Waals surface area contributed by atoms with Crippen molar-refractivity contribution in [2.45, 2.75) is 13.5 Å². The molecule has 1 heterocycles. The van der Waals surface area contributed by atoms with Crippen molar-refractivity contribution in [3.8, 4) is 5.75 Å². The maximum atomic E-state index is 9.25. The highest BCUT2D eigenvalue weighted by molar-refractivity contribution is 5.81. The molecule has 2 rings (SSSR count). The molecular weight excluding hydrogens is 180 g/mol. The summed E-state index contributed by atoms with van der Waals surface area (Å²) in [7, 11) is 1.62. The summed E-state index contributed by atoms with van der Waals surface area (Å²) in [5.74, 6) is 0.769. The van der Waals surface area contributed by atoms with E-state index in [4.69, 9.17) is 4.74 Å². The van der Waals surface area contributed by atoms with Gasteiger partial charge in [-0.05, 0) is 12.5 Å². The van der Waals surface area contributed by atoms with E-state index in [9.17, 15) is 5.11 Å². The number of hydrogen-bond acceptors (Lipinski definition) is 3. The van der Waals surface area contributed by atoms with E-state index in [1.807, 2.05) is 13.0 Å². The lowest BCUT2D eigenvalue weighted by atomic mass is 10.1. The number of ether oxygens (including phenoxy) is 1. The van der Waals surface area contributed by atoms with Crippen LogP contribution in [0.2, 0.25) is 0 Å². The summed E-state index contributed by atoms with van der Waals surface area (Å²) in [6.07, 6.45) is 1.61. The maximum Gasteiger partial charge on any atom is 0.124 e. The van der Waals surface area contributed by atoms with Crippen LogP contribution in [-0.2, 0) is 6.61 Å². The molecule has 4 nitrogen and oxygen atoms in total. The van der Waals surface area contributed by atoms with E-state index in [1.165, 1.54) is 0 Å². The zero-order chi connectivity index (χ0) is 10.1. The van der Waals surface area contributed by atoms with E-state index in [0.29, 0.717) is 0 Å². The van der Waals surface area contributed by atoms with Gasteiger partial charge in [-0.2, -0.15) is 0 Å². The number of aliphatic hydroxyl groups excluding tert-OH is 1. The lowest BCUT2D eigenvalue weighted by Gasteiger charge is -2.09. The molecule has 0 saturated heterocycles. The van der Waals surface area contributed by atoms with Crippen molar-refractivity contribution in [3.63, 3.8) is 0 Å². The Morgan fingerprint density at radius 1 is 1.57 bits per heavy atom. The number of benzene rings is 1. The van der Waals surface area contributed by atoms with Crippen molar-refractivity contribution in [1.29, 1.82) is 0 Å². The normalized spacial score (nSPS) is 10.8. The molecule has 0 atom stereocenters. The van der Waals surface area contributed by atoms with Crippen molar-refractivity contribution in [2.75, 3.05) is 7.11 Å². The number of aliphatic hydroxyl groups is 1. The van der Waals surface area contributed by atoms with Gasteiger partial charge in [0.15, 0.2) is 0 Å². The first kappa shape index (κ1) is 9.02. The average molecular weight is 192 g/mol. The molecule has 0 aliphatic carbocycles. The maximum absolute atomic E-state index is 9.25. The Hall–Kier alpha value is -1.55. The van der Waals surface area contributed by atoms with Crippen LogP contribution in [0.25, 0.3) is 11.0 Å². The predicted octanol–water partition coefficient (Wildman–Crippen LogP) is 1.37. The van der Waals surface area contributed by atoms with Crippen LogP contribution in [0.15, 0.2) is 12.4 Å². The number of nitrogens with zero attached hydrogens (tertiary/aromatic N) is 1. The second kappa shape index (κ2) is 3.31. The molecule has 0 saturated carbocycles. The Morgan fingerprint density at radius 3 is 3.00 bits per heavy atom. The summed E-state index contributed by atoms with van der Waals surface area (Å²) in [6, 6.07) is 1.89. The highest BCUT2D eigenvalue weighted by Gasteiger charge is 2.11. The molecule has 0 unspecified atom stereocenters. The van der Waals surface area contributed by atoms with Crippen LogP contribution in [-0.4, -0.2) is 22.2 Å². The van der Waals surface area contributed by atoms with Crippen LogP contribution in [0.5, 0.6) is 5.75 Å². The number of nitrogens with one attached hydrogen (secondary N) is 1. The summed E-state index contributed by atoms with van der Waals surface area (Å²) in [5, 5.41) is 9.25. The number of hydrogen-bond donors (Lipinski definition) is 2. The molecule has 2 N–H and O–H groups in total. The van der Waals surface area contributed by atoms with Crippen molar-refractivity contribution >= 4 is 11.0 Å². The Kier molecular flexibility index (Phi) is 2.13. The number of H-pyrrole nitrogens is 1. The number of fused-ring (bicyclic) bond motifs is 1. The van der Waals surface area contributed by atoms with Gasteiger partial charge in [-0.15, -0.1) is 0 Å². The first-order valence-electron chi connectivity index (χ1n) is 4.38. The summed E-state index contributed by atoms with van der Waals surface area (Å²) in [4.78, 5) is 7.15. The van der Waals surface area contributed by atoms with Gasteiger partial charge in [0, 0.05) is 11.6 Å². The van der Waals surface area contributed by atoms with Gasteiger partial charge in [0.1, 0.15) is 5.75 Å². The minimum absolute atomic E-state index is 0.0234. The fourth-order valence-electron chi connectivity index (χ4n) is 1.63. The van der Waals surface area contributed by atoms with Gasteiger partial charge in [-0.3, -0.25) is 0 Å². The SMILES string of the molecule is COc1cc2[nH]cnc2c(CO)c1C. The van der Waals surface area contributed by atoms with Gasteiger partial charge in [-0.25, -0.2) is 4.98 Å². The van der Waals surface area contributed by atoms with Crippen LogP contribution in [0.1, 0.15) is 11.1 Å². The summed E-state index contributed by atoms with van der Waals surface area (Å²) in [5.41, 5.74) is 3.46. The fraction of sp³-hybridized carbons (Fsp3) is 0.300. The van der Waals surface area contributed by atoms with Crippen LogP contribution >= 0.6 is 0 Å². The number of rotatable bonds is 2. The van der Waals surface area contributed by atoms with Crippen LogP contribution in [0.4, 0.5) is 0 Å². The zero-order valence-electron chi connectivity index (χ0n) is 8.16. The van der Waals surface area contributed by atoms with Gasteiger partial charge in [0.2, 0.25) is 0 Å². The van der Waals surface area contributed by atoms with Crippen LogP contribution in [0, 0.1) is 6.92 Å². The van der Waals surface area contributed by atoms with E-state index in [-0.39, 0.29) is 6.61 Å². The molecule has 14 heavy (non-hydrogen) atoms. The first-order chi connectivity index (χ1) is 6.77. The molecule has 0 aliphatic heterocycles. The van der Waals surface area contributed by atoms with Crippen molar-refractivity contribution in [2.24, 2.45) is 0 Å². The minimum Gasteiger partial charge on any atom is -0.496 e. The molecule has 0 radical (unpaired) electrons. The van der Waals surface area contributed by atoms with E-state index >= 15 is 0 Å².